The van der Waals surface area contributed by atoms with Gasteiger partial charge in [0.1, 0.15) is 11.5 Å². The number of benzene rings is 2. The first-order valence-electron chi connectivity index (χ1n) is 9.70. The molecule has 0 aromatic heterocycles. The number of hydrogen-bond donors (Lipinski definition) is 2. The van der Waals surface area contributed by atoms with Gasteiger partial charge in [0, 0.05) is 19.2 Å². The summed E-state index contributed by atoms with van der Waals surface area (Å²) in [7, 11) is 4.90. The number of aliphatic imine (C=N–C) groups is 1. The first-order chi connectivity index (χ1) is 14.2. The van der Waals surface area contributed by atoms with Gasteiger partial charge >= 0.3 is 0 Å². The van der Waals surface area contributed by atoms with E-state index in [-0.39, 0.29) is 0 Å². The number of nitrogens with one attached hydrogen (secondary N) is 2. The van der Waals surface area contributed by atoms with Gasteiger partial charge in [0.25, 0.3) is 0 Å². The number of hydrogen-bond acceptors (Lipinski definition) is 5. The molecule has 2 rings (SSSR count). The van der Waals surface area contributed by atoms with Gasteiger partial charge in [-0.25, -0.2) is 4.99 Å². The molecule has 0 unspecified atom stereocenters. The fourth-order valence-electron chi connectivity index (χ4n) is 2.65. The molecule has 0 saturated carbocycles. The molecule has 0 aliphatic carbocycles. The summed E-state index contributed by atoms with van der Waals surface area (Å²) in [5, 5.41) is 6.58. The average molecular weight is 402 g/mol. The van der Waals surface area contributed by atoms with Crippen molar-refractivity contribution in [3.8, 4) is 23.0 Å². The maximum Gasteiger partial charge on any atom is 0.191 e. The molecule has 0 bridgehead atoms. The Kier molecular flexibility index (Phi) is 9.48. The summed E-state index contributed by atoms with van der Waals surface area (Å²) in [4.78, 5) is 4.63. The van der Waals surface area contributed by atoms with E-state index in [0.29, 0.717) is 24.7 Å². The Morgan fingerprint density at radius 2 is 1.69 bits per heavy atom. The molecule has 7 heteroatoms. The number of methoxy groups -OCH3 is 3. The fourth-order valence-corrected chi connectivity index (χ4v) is 2.65. The van der Waals surface area contributed by atoms with Crippen LogP contribution < -0.4 is 29.6 Å². The van der Waals surface area contributed by atoms with Crippen LogP contribution in [0.1, 0.15) is 18.9 Å². The topological polar surface area (TPSA) is 73.3 Å². The molecule has 0 radical (unpaired) electrons. The van der Waals surface area contributed by atoms with Crippen molar-refractivity contribution in [2.24, 2.45) is 4.99 Å². The lowest BCUT2D eigenvalue weighted by Crippen LogP contribution is -2.38. The van der Waals surface area contributed by atoms with Gasteiger partial charge < -0.3 is 29.6 Å². The lowest BCUT2D eigenvalue weighted by atomic mass is 10.2. The minimum atomic E-state index is 0.538. The minimum Gasteiger partial charge on any atom is -0.497 e. The van der Waals surface area contributed by atoms with E-state index in [1.54, 1.807) is 21.3 Å². The molecule has 2 aromatic rings. The molecule has 0 saturated heterocycles. The summed E-state index contributed by atoms with van der Waals surface area (Å²) in [5.74, 6) is 3.77. The SMILES string of the molecule is CCNC(=NCc1ccc(OC)c(OC)c1)NCCCOc1cccc(OC)c1. The number of rotatable bonds is 11. The fraction of sp³-hybridized carbons (Fsp3) is 0.409. The van der Waals surface area contributed by atoms with Gasteiger partial charge in [0.15, 0.2) is 17.5 Å². The third kappa shape index (κ3) is 7.44. The zero-order valence-electron chi connectivity index (χ0n) is 17.7. The van der Waals surface area contributed by atoms with Crippen molar-refractivity contribution in [1.29, 1.82) is 0 Å². The summed E-state index contributed by atoms with van der Waals surface area (Å²) in [6.07, 6.45) is 0.845. The molecule has 0 fully saturated rings. The first-order valence-corrected chi connectivity index (χ1v) is 9.70. The number of nitrogens with zero attached hydrogens (tertiary/aromatic N) is 1. The van der Waals surface area contributed by atoms with Gasteiger partial charge in [-0.3, -0.25) is 0 Å². The lowest BCUT2D eigenvalue weighted by molar-refractivity contribution is 0.308. The number of guanidine groups is 1. The Balaban J connectivity index is 1.81. The highest BCUT2D eigenvalue weighted by atomic mass is 16.5. The van der Waals surface area contributed by atoms with Crippen LogP contribution in [0, 0.1) is 0 Å². The number of ether oxygens (including phenoxy) is 4. The molecule has 158 valence electrons. The Hall–Kier alpha value is -3.09. The zero-order valence-corrected chi connectivity index (χ0v) is 17.7. The molecular formula is C22H31N3O4. The molecule has 2 aromatic carbocycles. The van der Waals surface area contributed by atoms with E-state index >= 15 is 0 Å². The highest BCUT2D eigenvalue weighted by Gasteiger charge is 2.05. The molecule has 0 spiro atoms. The summed E-state index contributed by atoms with van der Waals surface area (Å²) in [6.45, 7) is 4.73. The lowest BCUT2D eigenvalue weighted by Gasteiger charge is -2.13. The van der Waals surface area contributed by atoms with E-state index < -0.39 is 0 Å². The van der Waals surface area contributed by atoms with Gasteiger partial charge in [-0.15, -0.1) is 0 Å². The molecule has 0 amide bonds. The molecule has 2 N–H and O–H groups in total. The Labute approximate surface area is 173 Å². The van der Waals surface area contributed by atoms with Crippen LogP contribution >= 0.6 is 0 Å². The van der Waals surface area contributed by atoms with Crippen LogP contribution in [-0.2, 0) is 6.54 Å². The van der Waals surface area contributed by atoms with E-state index in [1.165, 1.54) is 0 Å². The summed E-state index contributed by atoms with van der Waals surface area (Å²) >= 11 is 0. The second-order valence-corrected chi connectivity index (χ2v) is 6.19. The van der Waals surface area contributed by atoms with E-state index in [1.807, 2.05) is 49.4 Å². The van der Waals surface area contributed by atoms with E-state index in [9.17, 15) is 0 Å². The molecule has 0 atom stereocenters. The predicted octanol–water partition coefficient (Wildman–Crippen LogP) is 3.24. The third-order valence-corrected chi connectivity index (χ3v) is 4.14. The van der Waals surface area contributed by atoms with E-state index in [2.05, 4.69) is 15.6 Å². The third-order valence-electron chi connectivity index (χ3n) is 4.14. The molecule has 0 heterocycles. The van der Waals surface area contributed by atoms with Crippen LogP contribution in [0.3, 0.4) is 0 Å². The van der Waals surface area contributed by atoms with Crippen LogP contribution in [0.15, 0.2) is 47.5 Å². The normalized spacial score (nSPS) is 11.0. The predicted molar refractivity (Wildman–Crippen MR) is 115 cm³/mol. The quantitative estimate of drug-likeness (QED) is 0.342. The van der Waals surface area contributed by atoms with Gasteiger partial charge in [0.05, 0.1) is 34.5 Å². The standard InChI is InChI=1S/C22H31N3O4/c1-5-23-22(25-16-17-10-11-20(27-3)21(14-17)28-4)24-12-7-13-29-19-9-6-8-18(15-19)26-2/h6,8-11,14-15H,5,7,12-13,16H2,1-4H3,(H2,23,24,25). The van der Waals surface area contributed by atoms with Gasteiger partial charge in [-0.05, 0) is 43.2 Å². The maximum atomic E-state index is 5.76. The highest BCUT2D eigenvalue weighted by Crippen LogP contribution is 2.27. The Bertz CT molecular complexity index is 780. The van der Waals surface area contributed by atoms with Crippen LogP contribution in [0.4, 0.5) is 0 Å². The van der Waals surface area contributed by atoms with Gasteiger partial charge in [0.2, 0.25) is 0 Å². The smallest absolute Gasteiger partial charge is 0.191 e. The van der Waals surface area contributed by atoms with Crippen molar-refractivity contribution in [2.45, 2.75) is 19.9 Å². The van der Waals surface area contributed by atoms with Crippen LogP contribution in [0.5, 0.6) is 23.0 Å². The second kappa shape index (κ2) is 12.4. The van der Waals surface area contributed by atoms with Crippen molar-refractivity contribution in [3.63, 3.8) is 0 Å². The Morgan fingerprint density at radius 1 is 0.897 bits per heavy atom. The van der Waals surface area contributed by atoms with Crippen LogP contribution in [-0.4, -0.2) is 47.0 Å². The van der Waals surface area contributed by atoms with Crippen LogP contribution in [0.25, 0.3) is 0 Å². The van der Waals surface area contributed by atoms with Gasteiger partial charge in [-0.2, -0.15) is 0 Å². The van der Waals surface area contributed by atoms with E-state index in [4.69, 9.17) is 18.9 Å². The molecule has 0 aliphatic heterocycles. The van der Waals surface area contributed by atoms with Gasteiger partial charge in [-0.1, -0.05) is 12.1 Å². The van der Waals surface area contributed by atoms with Crippen molar-refractivity contribution < 1.29 is 18.9 Å². The minimum absolute atomic E-state index is 0.538. The largest absolute Gasteiger partial charge is 0.497 e. The summed E-state index contributed by atoms with van der Waals surface area (Å²) in [6, 6.07) is 13.4. The monoisotopic (exact) mass is 401 g/mol. The maximum absolute atomic E-state index is 5.76. The summed E-state index contributed by atoms with van der Waals surface area (Å²) in [5.41, 5.74) is 1.04. The average Bonchev–Trinajstić information content (AvgIpc) is 2.77. The van der Waals surface area contributed by atoms with E-state index in [0.717, 1.165) is 42.5 Å². The Morgan fingerprint density at radius 3 is 2.41 bits per heavy atom. The molecule has 29 heavy (non-hydrogen) atoms. The second-order valence-electron chi connectivity index (χ2n) is 6.19. The van der Waals surface area contributed by atoms with Crippen molar-refractivity contribution in [3.05, 3.63) is 48.0 Å². The molecule has 7 nitrogen and oxygen atoms in total. The first kappa shape index (κ1) is 22.2. The van der Waals surface area contributed by atoms with Crippen molar-refractivity contribution in [1.82, 2.24) is 10.6 Å². The van der Waals surface area contributed by atoms with Crippen molar-refractivity contribution in [2.75, 3.05) is 41.0 Å². The van der Waals surface area contributed by atoms with Crippen molar-refractivity contribution >= 4 is 5.96 Å². The summed E-state index contributed by atoms with van der Waals surface area (Å²) < 4.78 is 21.6. The zero-order chi connectivity index (χ0) is 20.9. The highest BCUT2D eigenvalue weighted by molar-refractivity contribution is 5.79. The molecular weight excluding hydrogens is 370 g/mol. The van der Waals surface area contributed by atoms with Crippen LogP contribution in [0.2, 0.25) is 0 Å². The molecule has 0 aliphatic rings.